The second-order valence-electron chi connectivity index (χ2n) is 4.69. The third kappa shape index (κ3) is 4.96. The van der Waals surface area contributed by atoms with Crippen molar-refractivity contribution in [2.45, 2.75) is 13.0 Å². The molecule has 0 bridgehead atoms. The zero-order valence-corrected chi connectivity index (χ0v) is 13.6. The summed E-state index contributed by atoms with van der Waals surface area (Å²) in [6.07, 6.45) is 1.99. The Morgan fingerprint density at radius 2 is 2.04 bits per heavy atom. The fourth-order valence-electron chi connectivity index (χ4n) is 1.69. The Hall–Kier alpha value is -2.60. The average molecular weight is 352 g/mol. The van der Waals surface area contributed by atoms with Gasteiger partial charge in [-0.05, 0) is 37.3 Å². The molecule has 0 aliphatic heterocycles. The first-order valence-corrected chi connectivity index (χ1v) is 7.40. The molecule has 1 aromatic carbocycles. The number of ether oxygens (including phenoxy) is 3. The first kappa shape index (κ1) is 17.7. The van der Waals surface area contributed by atoms with Crippen molar-refractivity contribution in [1.29, 1.82) is 0 Å². The van der Waals surface area contributed by atoms with Gasteiger partial charge in [-0.3, -0.25) is 0 Å². The number of nitrogens with zero attached hydrogens (tertiary/aromatic N) is 1. The lowest BCUT2D eigenvalue weighted by molar-refractivity contribution is -0.149. The van der Waals surface area contributed by atoms with Crippen molar-refractivity contribution in [3.63, 3.8) is 0 Å². The molecule has 0 radical (unpaired) electrons. The van der Waals surface area contributed by atoms with Gasteiger partial charge in [0.15, 0.2) is 11.9 Å². The summed E-state index contributed by atoms with van der Waals surface area (Å²) in [6, 6.07) is 7.40. The summed E-state index contributed by atoms with van der Waals surface area (Å²) < 4.78 is 29.3. The van der Waals surface area contributed by atoms with Gasteiger partial charge >= 0.3 is 5.97 Å². The highest BCUT2D eigenvalue weighted by atomic mass is 35.5. The summed E-state index contributed by atoms with van der Waals surface area (Å²) in [5.74, 6) is -0.550. The Kier molecular flexibility index (Phi) is 6.14. The van der Waals surface area contributed by atoms with Crippen molar-refractivity contribution < 1.29 is 23.4 Å². The Labute approximate surface area is 143 Å². The SMILES string of the molecule is C=CCOC(=O)[C@H](C)Oc1ccc(Oc2ncc(Cl)cc2F)cc1. The smallest absolute Gasteiger partial charge is 0.347 e. The summed E-state index contributed by atoms with van der Waals surface area (Å²) in [7, 11) is 0. The van der Waals surface area contributed by atoms with E-state index in [0.29, 0.717) is 11.5 Å². The van der Waals surface area contributed by atoms with Crippen molar-refractivity contribution in [2.75, 3.05) is 6.61 Å². The van der Waals surface area contributed by atoms with Gasteiger partial charge in [-0.15, -0.1) is 0 Å². The number of pyridine rings is 1. The van der Waals surface area contributed by atoms with Crippen molar-refractivity contribution >= 4 is 17.6 Å². The van der Waals surface area contributed by atoms with E-state index in [2.05, 4.69) is 11.6 Å². The minimum atomic E-state index is -0.771. The molecule has 2 rings (SSSR count). The molecule has 0 N–H and O–H groups in total. The minimum absolute atomic E-state index is 0.124. The first-order chi connectivity index (χ1) is 11.5. The Morgan fingerprint density at radius 1 is 1.38 bits per heavy atom. The van der Waals surface area contributed by atoms with Gasteiger partial charge in [0.2, 0.25) is 0 Å². The molecule has 24 heavy (non-hydrogen) atoms. The molecule has 1 heterocycles. The van der Waals surface area contributed by atoms with Crippen molar-refractivity contribution in [1.82, 2.24) is 4.98 Å². The van der Waals surface area contributed by atoms with Gasteiger partial charge < -0.3 is 14.2 Å². The summed E-state index contributed by atoms with van der Waals surface area (Å²) in [5.41, 5.74) is 0. The van der Waals surface area contributed by atoms with Crippen LogP contribution in [0.2, 0.25) is 5.02 Å². The highest BCUT2D eigenvalue weighted by molar-refractivity contribution is 6.30. The van der Waals surface area contributed by atoms with Gasteiger partial charge in [-0.1, -0.05) is 24.3 Å². The second kappa shape index (κ2) is 8.31. The molecule has 7 heteroatoms. The quantitative estimate of drug-likeness (QED) is 0.553. The van der Waals surface area contributed by atoms with Crippen LogP contribution in [0.15, 0.2) is 49.2 Å². The molecular weight excluding hydrogens is 337 g/mol. The zero-order valence-electron chi connectivity index (χ0n) is 12.9. The highest BCUT2D eigenvalue weighted by Crippen LogP contribution is 2.26. The van der Waals surface area contributed by atoms with E-state index < -0.39 is 17.9 Å². The summed E-state index contributed by atoms with van der Waals surface area (Å²) >= 11 is 5.63. The largest absolute Gasteiger partial charge is 0.479 e. The molecule has 0 aliphatic rings. The Bertz CT molecular complexity index is 721. The number of hydrogen-bond acceptors (Lipinski definition) is 5. The van der Waals surface area contributed by atoms with E-state index >= 15 is 0 Å². The third-order valence-corrected chi connectivity index (χ3v) is 3.01. The van der Waals surface area contributed by atoms with E-state index in [4.69, 9.17) is 25.8 Å². The van der Waals surface area contributed by atoms with Crippen LogP contribution in [0.25, 0.3) is 0 Å². The molecule has 1 atom stereocenters. The standard InChI is InChI=1S/C17H15ClFNO4/c1-3-8-22-17(21)11(2)23-13-4-6-14(7-5-13)24-16-15(19)9-12(18)10-20-16/h3-7,9-11H,1,8H2,2H3/t11-/m0/s1. The molecule has 1 aromatic heterocycles. The molecule has 0 amide bonds. The number of halogens is 2. The van der Waals surface area contributed by atoms with Crippen LogP contribution >= 0.6 is 11.6 Å². The fourth-order valence-corrected chi connectivity index (χ4v) is 1.83. The van der Waals surface area contributed by atoms with Crippen LogP contribution in [0.5, 0.6) is 17.4 Å². The normalized spacial score (nSPS) is 11.5. The lowest BCUT2D eigenvalue weighted by atomic mass is 10.3. The van der Waals surface area contributed by atoms with Gasteiger partial charge in [-0.2, -0.15) is 0 Å². The number of aromatic nitrogens is 1. The maximum absolute atomic E-state index is 13.6. The molecule has 0 saturated heterocycles. The van der Waals surface area contributed by atoms with E-state index in [0.717, 1.165) is 6.07 Å². The van der Waals surface area contributed by atoms with Gasteiger partial charge in [0.05, 0.1) is 5.02 Å². The molecule has 0 saturated carbocycles. The van der Waals surface area contributed by atoms with Gasteiger partial charge in [-0.25, -0.2) is 14.2 Å². The fraction of sp³-hybridized carbons (Fsp3) is 0.176. The van der Waals surface area contributed by atoms with E-state index in [1.54, 1.807) is 31.2 Å². The number of esters is 1. The predicted molar refractivity (Wildman–Crippen MR) is 87.0 cm³/mol. The number of rotatable bonds is 7. The average Bonchev–Trinajstić information content (AvgIpc) is 2.56. The van der Waals surface area contributed by atoms with Crippen LogP contribution in [0.4, 0.5) is 4.39 Å². The van der Waals surface area contributed by atoms with Crippen LogP contribution in [0.3, 0.4) is 0 Å². The lowest BCUT2D eigenvalue weighted by Gasteiger charge is -2.13. The number of hydrogen-bond donors (Lipinski definition) is 0. The van der Waals surface area contributed by atoms with E-state index in [-0.39, 0.29) is 17.5 Å². The number of carbonyl (C=O) groups is 1. The number of benzene rings is 1. The summed E-state index contributed by atoms with van der Waals surface area (Å²) in [6.45, 7) is 5.16. The monoisotopic (exact) mass is 351 g/mol. The second-order valence-corrected chi connectivity index (χ2v) is 5.13. The van der Waals surface area contributed by atoms with Gasteiger partial charge in [0.25, 0.3) is 5.88 Å². The molecular formula is C17H15ClFNO4. The molecule has 0 aliphatic carbocycles. The maximum Gasteiger partial charge on any atom is 0.347 e. The van der Waals surface area contributed by atoms with Crippen molar-refractivity contribution in [2.24, 2.45) is 0 Å². The third-order valence-electron chi connectivity index (χ3n) is 2.80. The molecule has 126 valence electrons. The van der Waals surface area contributed by atoms with Gasteiger partial charge in [0.1, 0.15) is 18.1 Å². The molecule has 2 aromatic rings. The summed E-state index contributed by atoms with van der Waals surface area (Å²) in [5, 5.41) is 0.181. The van der Waals surface area contributed by atoms with Crippen LogP contribution in [-0.2, 0) is 9.53 Å². The topological polar surface area (TPSA) is 57.7 Å². The molecule has 0 spiro atoms. The predicted octanol–water partition coefficient (Wildman–Crippen LogP) is 4.16. The van der Waals surface area contributed by atoms with Crippen molar-refractivity contribution in [3.8, 4) is 17.4 Å². The highest BCUT2D eigenvalue weighted by Gasteiger charge is 2.16. The zero-order chi connectivity index (χ0) is 17.5. The van der Waals surface area contributed by atoms with Crippen LogP contribution in [0, 0.1) is 5.82 Å². The van der Waals surface area contributed by atoms with Crippen LogP contribution < -0.4 is 9.47 Å². The lowest BCUT2D eigenvalue weighted by Crippen LogP contribution is -2.26. The van der Waals surface area contributed by atoms with E-state index in [9.17, 15) is 9.18 Å². The number of carbonyl (C=O) groups excluding carboxylic acids is 1. The van der Waals surface area contributed by atoms with Crippen LogP contribution in [-0.4, -0.2) is 23.7 Å². The van der Waals surface area contributed by atoms with E-state index in [1.165, 1.54) is 12.3 Å². The first-order valence-electron chi connectivity index (χ1n) is 7.02. The summed E-state index contributed by atoms with van der Waals surface area (Å²) in [4.78, 5) is 15.4. The Morgan fingerprint density at radius 3 is 2.67 bits per heavy atom. The maximum atomic E-state index is 13.6. The molecule has 5 nitrogen and oxygen atoms in total. The van der Waals surface area contributed by atoms with Crippen LogP contribution in [0.1, 0.15) is 6.92 Å². The molecule has 0 fully saturated rings. The van der Waals surface area contributed by atoms with E-state index in [1.807, 2.05) is 0 Å². The van der Waals surface area contributed by atoms with Crippen molar-refractivity contribution in [3.05, 3.63) is 60.0 Å². The molecule has 0 unspecified atom stereocenters. The minimum Gasteiger partial charge on any atom is -0.479 e. The van der Waals surface area contributed by atoms with Gasteiger partial charge in [0, 0.05) is 6.20 Å². The Balaban J connectivity index is 1.97.